The highest BCUT2D eigenvalue weighted by Gasteiger charge is 2.04. The molecule has 94 valence electrons. The first kappa shape index (κ1) is 11.5. The van der Waals surface area contributed by atoms with Crippen LogP contribution in [0.4, 0.5) is 0 Å². The van der Waals surface area contributed by atoms with Crippen LogP contribution in [0.15, 0.2) is 55.0 Å². The van der Waals surface area contributed by atoms with Gasteiger partial charge in [0.2, 0.25) is 5.91 Å². The van der Waals surface area contributed by atoms with Gasteiger partial charge in [0.15, 0.2) is 0 Å². The first-order valence-corrected chi connectivity index (χ1v) is 6.01. The molecule has 0 radical (unpaired) electrons. The Morgan fingerprint density at radius 1 is 1.16 bits per heavy atom. The van der Waals surface area contributed by atoms with Crippen molar-refractivity contribution in [2.75, 3.05) is 0 Å². The average Bonchev–Trinajstić information content (AvgIpc) is 2.86. The summed E-state index contributed by atoms with van der Waals surface area (Å²) in [5.41, 5.74) is 7.03. The van der Waals surface area contributed by atoms with Crippen LogP contribution in [0.2, 0.25) is 0 Å². The van der Waals surface area contributed by atoms with Crippen molar-refractivity contribution in [1.29, 1.82) is 0 Å². The highest BCUT2D eigenvalue weighted by Crippen LogP contribution is 2.22. The van der Waals surface area contributed by atoms with E-state index >= 15 is 0 Å². The number of amides is 1. The van der Waals surface area contributed by atoms with Crippen molar-refractivity contribution in [2.24, 2.45) is 5.73 Å². The maximum atomic E-state index is 10.9. The van der Waals surface area contributed by atoms with E-state index in [0.29, 0.717) is 0 Å². The van der Waals surface area contributed by atoms with Crippen molar-refractivity contribution in [3.8, 4) is 11.3 Å². The number of imidazole rings is 1. The lowest BCUT2D eigenvalue weighted by Gasteiger charge is -2.01. The number of benzene rings is 2. The van der Waals surface area contributed by atoms with E-state index in [4.69, 9.17) is 5.73 Å². The first-order chi connectivity index (χ1) is 9.22. The van der Waals surface area contributed by atoms with Crippen molar-refractivity contribution in [3.05, 3.63) is 55.0 Å². The van der Waals surface area contributed by atoms with Gasteiger partial charge in [-0.05, 0) is 16.8 Å². The van der Waals surface area contributed by atoms with Crippen LogP contribution in [0.3, 0.4) is 0 Å². The van der Waals surface area contributed by atoms with E-state index in [0.717, 1.165) is 11.3 Å². The summed E-state index contributed by atoms with van der Waals surface area (Å²) < 4.78 is 1.69. The zero-order valence-corrected chi connectivity index (χ0v) is 10.3. The third-order valence-electron chi connectivity index (χ3n) is 3.02. The Hall–Kier alpha value is -2.62. The fraction of sp³-hybridized carbons (Fsp3) is 0.0667. The van der Waals surface area contributed by atoms with Gasteiger partial charge in [-0.25, -0.2) is 4.98 Å². The molecule has 0 atom stereocenters. The molecule has 0 aliphatic heterocycles. The van der Waals surface area contributed by atoms with Gasteiger partial charge in [0, 0.05) is 11.8 Å². The Morgan fingerprint density at radius 2 is 1.95 bits per heavy atom. The minimum Gasteiger partial charge on any atom is -0.368 e. The molecule has 0 aliphatic rings. The van der Waals surface area contributed by atoms with Crippen LogP contribution in [0.25, 0.3) is 22.0 Å². The van der Waals surface area contributed by atoms with Gasteiger partial charge in [0.1, 0.15) is 6.54 Å². The fourth-order valence-corrected chi connectivity index (χ4v) is 2.12. The number of carbonyl (C=O) groups excluding carboxylic acids is 1. The molecule has 0 unspecified atom stereocenters. The smallest absolute Gasteiger partial charge is 0.237 e. The molecule has 0 spiro atoms. The first-order valence-electron chi connectivity index (χ1n) is 6.01. The van der Waals surface area contributed by atoms with E-state index in [2.05, 4.69) is 29.2 Å². The SMILES string of the molecule is NC(=O)Cn1cnc(-c2ccc3ccccc3c2)c1. The number of primary amides is 1. The highest BCUT2D eigenvalue weighted by molar-refractivity contribution is 5.86. The van der Waals surface area contributed by atoms with Crippen molar-refractivity contribution in [2.45, 2.75) is 6.54 Å². The molecule has 0 aliphatic carbocycles. The quantitative estimate of drug-likeness (QED) is 0.775. The number of aromatic nitrogens is 2. The van der Waals surface area contributed by atoms with Crippen LogP contribution in [0, 0.1) is 0 Å². The second-order valence-corrected chi connectivity index (χ2v) is 4.46. The number of nitrogens with zero attached hydrogens (tertiary/aromatic N) is 2. The summed E-state index contributed by atoms with van der Waals surface area (Å²) in [6.45, 7) is 0.153. The van der Waals surface area contributed by atoms with Crippen molar-refractivity contribution in [1.82, 2.24) is 9.55 Å². The standard InChI is InChI=1S/C15H13N3O/c16-15(19)9-18-8-14(17-10-18)13-6-5-11-3-1-2-4-12(11)7-13/h1-8,10H,9H2,(H2,16,19). The number of carbonyl (C=O) groups is 1. The Balaban J connectivity index is 1.99. The number of fused-ring (bicyclic) bond motifs is 1. The van der Waals surface area contributed by atoms with Gasteiger partial charge in [-0.3, -0.25) is 4.79 Å². The molecule has 2 aromatic carbocycles. The van der Waals surface area contributed by atoms with Gasteiger partial charge in [-0.2, -0.15) is 0 Å². The summed E-state index contributed by atoms with van der Waals surface area (Å²) in [4.78, 5) is 15.2. The Morgan fingerprint density at radius 3 is 2.74 bits per heavy atom. The minimum absolute atomic E-state index is 0.153. The van der Waals surface area contributed by atoms with Gasteiger partial charge >= 0.3 is 0 Å². The van der Waals surface area contributed by atoms with Gasteiger partial charge < -0.3 is 10.3 Å². The number of nitrogens with two attached hydrogens (primary N) is 1. The molecule has 1 aromatic heterocycles. The number of hydrogen-bond acceptors (Lipinski definition) is 2. The summed E-state index contributed by atoms with van der Waals surface area (Å²) in [6, 6.07) is 14.4. The van der Waals surface area contributed by atoms with E-state index in [9.17, 15) is 4.79 Å². The molecule has 1 heterocycles. The maximum absolute atomic E-state index is 10.9. The molecule has 3 rings (SSSR count). The Bertz CT molecular complexity index is 746. The molecule has 0 fully saturated rings. The zero-order valence-electron chi connectivity index (χ0n) is 10.3. The maximum Gasteiger partial charge on any atom is 0.237 e. The van der Waals surface area contributed by atoms with E-state index in [1.807, 2.05) is 24.4 Å². The van der Waals surface area contributed by atoms with Gasteiger partial charge in [-0.15, -0.1) is 0 Å². The number of hydrogen-bond donors (Lipinski definition) is 1. The third kappa shape index (κ3) is 2.33. The lowest BCUT2D eigenvalue weighted by Crippen LogP contribution is -2.17. The molecule has 19 heavy (non-hydrogen) atoms. The second-order valence-electron chi connectivity index (χ2n) is 4.46. The van der Waals surface area contributed by atoms with Crippen molar-refractivity contribution in [3.63, 3.8) is 0 Å². The van der Waals surface area contributed by atoms with Crippen LogP contribution in [-0.4, -0.2) is 15.5 Å². The summed E-state index contributed by atoms with van der Waals surface area (Å²) in [5, 5.41) is 2.37. The zero-order chi connectivity index (χ0) is 13.2. The second kappa shape index (κ2) is 4.57. The van der Waals surface area contributed by atoms with Crippen LogP contribution in [0.5, 0.6) is 0 Å². The normalized spacial score (nSPS) is 10.7. The molecule has 3 aromatic rings. The van der Waals surface area contributed by atoms with Crippen LogP contribution < -0.4 is 5.73 Å². The summed E-state index contributed by atoms with van der Waals surface area (Å²) >= 11 is 0. The molecule has 4 nitrogen and oxygen atoms in total. The Labute approximate surface area is 110 Å². The minimum atomic E-state index is -0.373. The third-order valence-corrected chi connectivity index (χ3v) is 3.02. The predicted octanol–water partition coefficient (Wildman–Crippen LogP) is 2.19. The fourth-order valence-electron chi connectivity index (χ4n) is 2.12. The van der Waals surface area contributed by atoms with Crippen molar-refractivity contribution >= 4 is 16.7 Å². The lowest BCUT2D eigenvalue weighted by molar-refractivity contribution is -0.118. The van der Waals surface area contributed by atoms with E-state index < -0.39 is 0 Å². The molecule has 1 amide bonds. The topological polar surface area (TPSA) is 60.9 Å². The highest BCUT2D eigenvalue weighted by atomic mass is 16.1. The Kier molecular flexibility index (Phi) is 2.76. The van der Waals surface area contributed by atoms with Crippen molar-refractivity contribution < 1.29 is 4.79 Å². The molecule has 0 saturated heterocycles. The predicted molar refractivity (Wildman–Crippen MR) is 74.4 cm³/mol. The van der Waals surface area contributed by atoms with Crippen LogP contribution in [-0.2, 0) is 11.3 Å². The number of rotatable bonds is 3. The summed E-state index contributed by atoms with van der Waals surface area (Å²) in [7, 11) is 0. The monoisotopic (exact) mass is 251 g/mol. The summed E-state index contributed by atoms with van der Waals surface area (Å²) in [6.07, 6.45) is 3.45. The van der Waals surface area contributed by atoms with Crippen LogP contribution >= 0.6 is 0 Å². The molecule has 0 bridgehead atoms. The molecule has 2 N–H and O–H groups in total. The largest absolute Gasteiger partial charge is 0.368 e. The molecule has 0 saturated carbocycles. The van der Waals surface area contributed by atoms with Gasteiger partial charge in [0.05, 0.1) is 12.0 Å². The summed E-state index contributed by atoms with van der Waals surface area (Å²) in [5.74, 6) is -0.373. The lowest BCUT2D eigenvalue weighted by atomic mass is 10.1. The molecular formula is C15H13N3O. The van der Waals surface area contributed by atoms with Gasteiger partial charge in [0.25, 0.3) is 0 Å². The van der Waals surface area contributed by atoms with E-state index in [1.54, 1.807) is 10.9 Å². The molecular weight excluding hydrogens is 238 g/mol. The molecule has 4 heteroatoms. The van der Waals surface area contributed by atoms with E-state index in [-0.39, 0.29) is 12.5 Å². The van der Waals surface area contributed by atoms with E-state index in [1.165, 1.54) is 10.8 Å². The van der Waals surface area contributed by atoms with Crippen LogP contribution in [0.1, 0.15) is 0 Å². The average molecular weight is 251 g/mol. The van der Waals surface area contributed by atoms with Gasteiger partial charge in [-0.1, -0.05) is 36.4 Å².